The lowest BCUT2D eigenvalue weighted by atomic mass is 9.98. The molecule has 92 valence electrons. The van der Waals surface area contributed by atoms with Gasteiger partial charge in [0.2, 0.25) is 0 Å². The number of nitro benzene ring substituents is 1. The lowest BCUT2D eigenvalue weighted by Crippen LogP contribution is -1.87. The third kappa shape index (κ3) is 2.06. The Balaban J connectivity index is 2.16. The van der Waals surface area contributed by atoms with Gasteiger partial charge in [-0.15, -0.1) is 0 Å². The molecule has 0 aromatic heterocycles. The van der Waals surface area contributed by atoms with Crippen LogP contribution in [0.5, 0.6) is 0 Å². The first-order valence-electron chi connectivity index (χ1n) is 5.98. The van der Waals surface area contributed by atoms with Crippen molar-refractivity contribution in [1.82, 2.24) is 0 Å². The summed E-state index contributed by atoms with van der Waals surface area (Å²) in [6, 6.07) is 20.9. The van der Waals surface area contributed by atoms with Gasteiger partial charge in [0, 0.05) is 12.1 Å². The van der Waals surface area contributed by atoms with Crippen LogP contribution in [0.15, 0.2) is 66.7 Å². The fraction of sp³-hybridized carbons (Fsp3) is 0. The Bertz CT molecular complexity index is 743. The van der Waals surface area contributed by atoms with Gasteiger partial charge in [0.05, 0.1) is 4.92 Å². The zero-order valence-corrected chi connectivity index (χ0v) is 10.1. The lowest BCUT2D eigenvalue weighted by molar-refractivity contribution is -0.384. The number of non-ortho nitro benzene ring substituents is 1. The fourth-order valence-electron chi connectivity index (χ4n) is 2.24. The second-order valence-electron chi connectivity index (χ2n) is 4.33. The first-order valence-corrected chi connectivity index (χ1v) is 5.98. The number of benzene rings is 3. The summed E-state index contributed by atoms with van der Waals surface area (Å²) >= 11 is 0. The Labute approximate surface area is 110 Å². The van der Waals surface area contributed by atoms with Gasteiger partial charge in [-0.1, -0.05) is 42.5 Å². The van der Waals surface area contributed by atoms with E-state index < -0.39 is 0 Å². The summed E-state index contributed by atoms with van der Waals surface area (Å²) in [5.74, 6) is 0. The average molecular weight is 249 g/mol. The van der Waals surface area contributed by atoms with E-state index in [0.717, 1.165) is 16.5 Å². The lowest BCUT2D eigenvalue weighted by Gasteiger charge is -2.06. The summed E-state index contributed by atoms with van der Waals surface area (Å²) in [6.45, 7) is 0. The molecule has 0 bridgehead atoms. The normalized spacial score (nSPS) is 10.5. The van der Waals surface area contributed by atoms with E-state index in [0.29, 0.717) is 0 Å². The van der Waals surface area contributed by atoms with Gasteiger partial charge >= 0.3 is 0 Å². The number of nitrogens with zero attached hydrogens (tertiary/aromatic N) is 1. The number of nitro groups is 1. The predicted molar refractivity (Wildman–Crippen MR) is 76.0 cm³/mol. The van der Waals surface area contributed by atoms with Crippen molar-refractivity contribution < 1.29 is 4.92 Å². The van der Waals surface area contributed by atoms with Crippen LogP contribution in [0.25, 0.3) is 21.9 Å². The maximum absolute atomic E-state index is 10.7. The van der Waals surface area contributed by atoms with Gasteiger partial charge in [0.15, 0.2) is 0 Å². The minimum absolute atomic E-state index is 0.115. The van der Waals surface area contributed by atoms with E-state index >= 15 is 0 Å². The smallest absolute Gasteiger partial charge is 0.258 e. The molecule has 0 spiro atoms. The molecule has 3 rings (SSSR count). The molecule has 3 aromatic carbocycles. The quantitative estimate of drug-likeness (QED) is 0.498. The van der Waals surface area contributed by atoms with Crippen LogP contribution in [-0.2, 0) is 0 Å². The van der Waals surface area contributed by atoms with Crippen molar-refractivity contribution in [3.05, 3.63) is 76.8 Å². The minimum Gasteiger partial charge on any atom is -0.258 e. The van der Waals surface area contributed by atoms with Crippen LogP contribution in [0.4, 0.5) is 5.69 Å². The zero-order chi connectivity index (χ0) is 13.2. The molecule has 0 aliphatic rings. The summed E-state index contributed by atoms with van der Waals surface area (Å²) in [5.41, 5.74) is 2.19. The topological polar surface area (TPSA) is 43.1 Å². The van der Waals surface area contributed by atoms with Crippen molar-refractivity contribution in [2.45, 2.75) is 0 Å². The SMILES string of the molecule is O=[N+]([O-])c1ccc(-c2cccc3ccccc23)cc1. The third-order valence-corrected chi connectivity index (χ3v) is 3.18. The molecule has 0 N–H and O–H groups in total. The summed E-state index contributed by atoms with van der Waals surface area (Å²) in [7, 11) is 0. The number of hydrogen-bond donors (Lipinski definition) is 0. The zero-order valence-electron chi connectivity index (χ0n) is 10.1. The van der Waals surface area contributed by atoms with Crippen LogP contribution in [0.2, 0.25) is 0 Å². The molecule has 19 heavy (non-hydrogen) atoms. The number of rotatable bonds is 2. The highest BCUT2D eigenvalue weighted by atomic mass is 16.6. The monoisotopic (exact) mass is 249 g/mol. The Kier molecular flexibility index (Phi) is 2.72. The summed E-state index contributed by atoms with van der Waals surface area (Å²) in [4.78, 5) is 10.3. The van der Waals surface area contributed by atoms with Gasteiger partial charge in [-0.05, 0) is 34.0 Å². The second-order valence-corrected chi connectivity index (χ2v) is 4.33. The molecule has 0 saturated heterocycles. The molecule has 0 saturated carbocycles. The molecule has 0 unspecified atom stereocenters. The van der Waals surface area contributed by atoms with E-state index in [1.54, 1.807) is 12.1 Å². The molecule has 0 aliphatic carbocycles. The fourth-order valence-corrected chi connectivity index (χ4v) is 2.24. The molecule has 0 aliphatic heterocycles. The van der Waals surface area contributed by atoms with Crippen LogP contribution in [0.3, 0.4) is 0 Å². The van der Waals surface area contributed by atoms with Crippen LogP contribution in [0.1, 0.15) is 0 Å². The first kappa shape index (κ1) is 11.4. The van der Waals surface area contributed by atoms with Crippen molar-refractivity contribution in [1.29, 1.82) is 0 Å². The molecule has 3 heteroatoms. The highest BCUT2D eigenvalue weighted by molar-refractivity contribution is 5.96. The van der Waals surface area contributed by atoms with Crippen molar-refractivity contribution >= 4 is 16.5 Å². The standard InChI is InChI=1S/C16H11NO2/c18-17(19)14-10-8-13(9-11-14)16-7-3-5-12-4-1-2-6-15(12)16/h1-11H. The average Bonchev–Trinajstić information content (AvgIpc) is 2.47. The molecule has 0 heterocycles. The molecule has 0 radical (unpaired) electrons. The van der Waals surface area contributed by atoms with Gasteiger partial charge in [0.1, 0.15) is 0 Å². The van der Waals surface area contributed by atoms with E-state index in [9.17, 15) is 10.1 Å². The molecular weight excluding hydrogens is 238 g/mol. The second kappa shape index (κ2) is 4.53. The van der Waals surface area contributed by atoms with Crippen LogP contribution < -0.4 is 0 Å². The maximum Gasteiger partial charge on any atom is 0.269 e. The summed E-state index contributed by atoms with van der Waals surface area (Å²) < 4.78 is 0. The van der Waals surface area contributed by atoms with Crippen molar-refractivity contribution in [2.24, 2.45) is 0 Å². The van der Waals surface area contributed by atoms with Crippen molar-refractivity contribution in [3.63, 3.8) is 0 Å². The van der Waals surface area contributed by atoms with E-state index in [1.807, 2.05) is 24.3 Å². The van der Waals surface area contributed by atoms with Gasteiger partial charge in [-0.25, -0.2) is 0 Å². The Morgan fingerprint density at radius 1 is 0.789 bits per heavy atom. The van der Waals surface area contributed by atoms with Crippen LogP contribution >= 0.6 is 0 Å². The molecule has 0 atom stereocenters. The number of fused-ring (bicyclic) bond motifs is 1. The Morgan fingerprint density at radius 3 is 2.21 bits per heavy atom. The third-order valence-electron chi connectivity index (χ3n) is 3.18. The molecule has 0 fully saturated rings. The predicted octanol–water partition coefficient (Wildman–Crippen LogP) is 4.42. The van der Waals surface area contributed by atoms with E-state index in [1.165, 1.54) is 17.5 Å². The van der Waals surface area contributed by atoms with Gasteiger partial charge < -0.3 is 0 Å². The minimum atomic E-state index is -0.382. The maximum atomic E-state index is 10.7. The van der Waals surface area contributed by atoms with E-state index in [2.05, 4.69) is 18.2 Å². The number of hydrogen-bond acceptors (Lipinski definition) is 2. The highest BCUT2D eigenvalue weighted by Crippen LogP contribution is 2.29. The van der Waals surface area contributed by atoms with Crippen LogP contribution in [0, 0.1) is 10.1 Å². The van der Waals surface area contributed by atoms with Crippen molar-refractivity contribution in [3.8, 4) is 11.1 Å². The highest BCUT2D eigenvalue weighted by Gasteiger charge is 2.07. The summed E-state index contributed by atoms with van der Waals surface area (Å²) in [6.07, 6.45) is 0. The first-order chi connectivity index (χ1) is 9.25. The van der Waals surface area contributed by atoms with Crippen molar-refractivity contribution in [2.75, 3.05) is 0 Å². The summed E-state index contributed by atoms with van der Waals surface area (Å²) in [5, 5.41) is 13.0. The van der Waals surface area contributed by atoms with Gasteiger partial charge in [0.25, 0.3) is 5.69 Å². The largest absolute Gasteiger partial charge is 0.269 e. The molecule has 3 aromatic rings. The molecule has 3 nitrogen and oxygen atoms in total. The Morgan fingerprint density at radius 2 is 1.47 bits per heavy atom. The molecular formula is C16H11NO2. The molecule has 0 amide bonds. The van der Waals surface area contributed by atoms with Gasteiger partial charge in [-0.2, -0.15) is 0 Å². The van der Waals surface area contributed by atoms with E-state index in [4.69, 9.17) is 0 Å². The van der Waals surface area contributed by atoms with Gasteiger partial charge in [-0.3, -0.25) is 10.1 Å². The van der Waals surface area contributed by atoms with Crippen LogP contribution in [-0.4, -0.2) is 4.92 Å². The van der Waals surface area contributed by atoms with E-state index in [-0.39, 0.29) is 10.6 Å². The Hall–Kier alpha value is -2.68.